The summed E-state index contributed by atoms with van der Waals surface area (Å²) in [5.74, 6) is 0.0657. The molecular formula is C20H22BrFN2O4. The Balaban J connectivity index is 1.71. The highest BCUT2D eigenvalue weighted by Gasteiger charge is 2.23. The Morgan fingerprint density at radius 1 is 1.29 bits per heavy atom. The minimum atomic E-state index is -0.415. The van der Waals surface area contributed by atoms with E-state index in [-0.39, 0.29) is 28.6 Å². The zero-order valence-corrected chi connectivity index (χ0v) is 16.8. The minimum Gasteiger partial charge on any atom is -0.472 e. The van der Waals surface area contributed by atoms with Crippen LogP contribution in [-0.4, -0.2) is 28.0 Å². The Labute approximate surface area is 170 Å². The molecule has 2 aromatic rings. The summed E-state index contributed by atoms with van der Waals surface area (Å²) in [5.41, 5.74) is 3.53. The summed E-state index contributed by atoms with van der Waals surface area (Å²) >= 11 is 3.10. The molecule has 150 valence electrons. The monoisotopic (exact) mass is 452 g/mol. The smallest absolute Gasteiger partial charge is 0.160 e. The lowest BCUT2D eigenvalue weighted by molar-refractivity contribution is -0.119. The number of hydrogen-bond acceptors (Lipinski definition) is 5. The summed E-state index contributed by atoms with van der Waals surface area (Å²) in [6.45, 7) is 0. The number of nitrogens with one attached hydrogen (secondary N) is 1. The van der Waals surface area contributed by atoms with Gasteiger partial charge in [0.15, 0.2) is 5.84 Å². The third-order valence-corrected chi connectivity index (χ3v) is 5.58. The van der Waals surface area contributed by atoms with E-state index in [9.17, 15) is 19.5 Å². The van der Waals surface area contributed by atoms with Crippen molar-refractivity contribution in [2.24, 2.45) is 10.9 Å². The van der Waals surface area contributed by atoms with Crippen LogP contribution in [0.5, 0.6) is 0 Å². The van der Waals surface area contributed by atoms with E-state index in [2.05, 4.69) is 20.9 Å². The number of aliphatic imine (C=N–C) groups is 1. The molecule has 0 aliphatic heterocycles. The van der Waals surface area contributed by atoms with Crippen molar-refractivity contribution in [2.45, 2.75) is 44.6 Å². The molecule has 1 saturated carbocycles. The molecule has 0 spiro atoms. The number of rotatable bonds is 6. The van der Waals surface area contributed by atoms with E-state index in [1.54, 1.807) is 0 Å². The molecule has 28 heavy (non-hydrogen) atoms. The summed E-state index contributed by atoms with van der Waals surface area (Å²) in [7, 11) is 0. The van der Waals surface area contributed by atoms with Crippen LogP contribution >= 0.6 is 15.9 Å². The van der Waals surface area contributed by atoms with Crippen LogP contribution in [0.4, 0.5) is 10.1 Å². The number of hydrogen-bond donors (Lipinski definition) is 3. The molecule has 1 fully saturated rings. The van der Waals surface area contributed by atoms with Gasteiger partial charge in [0.1, 0.15) is 17.9 Å². The number of hydroxylamine groups is 1. The van der Waals surface area contributed by atoms with Crippen LogP contribution in [0.2, 0.25) is 0 Å². The predicted octanol–water partition coefficient (Wildman–Crippen LogP) is 4.29. The van der Waals surface area contributed by atoms with E-state index >= 15 is 0 Å². The molecule has 1 aromatic carbocycles. The van der Waals surface area contributed by atoms with Crippen LogP contribution in [0.3, 0.4) is 0 Å². The van der Waals surface area contributed by atoms with Crippen molar-refractivity contribution in [3.05, 3.63) is 52.1 Å². The van der Waals surface area contributed by atoms with Gasteiger partial charge in [-0.2, -0.15) is 0 Å². The van der Waals surface area contributed by atoms with Crippen molar-refractivity contribution in [2.75, 3.05) is 0 Å². The fraction of sp³-hybridized carbons (Fsp3) is 0.400. The van der Waals surface area contributed by atoms with Crippen LogP contribution in [0.25, 0.3) is 0 Å². The Morgan fingerprint density at radius 3 is 2.71 bits per heavy atom. The molecule has 1 aliphatic rings. The maximum absolute atomic E-state index is 13.4. The molecular weight excluding hydrogens is 431 g/mol. The van der Waals surface area contributed by atoms with Crippen molar-refractivity contribution in [1.82, 2.24) is 5.48 Å². The number of aliphatic hydroxyl groups excluding tert-OH is 1. The van der Waals surface area contributed by atoms with Gasteiger partial charge in [0.05, 0.1) is 28.1 Å². The number of benzene rings is 1. The van der Waals surface area contributed by atoms with Gasteiger partial charge in [-0.1, -0.05) is 0 Å². The Hall–Kier alpha value is -2.03. The lowest BCUT2D eigenvalue weighted by Crippen LogP contribution is -2.23. The highest BCUT2D eigenvalue weighted by Crippen LogP contribution is 2.28. The van der Waals surface area contributed by atoms with Crippen molar-refractivity contribution in [1.29, 1.82) is 0 Å². The Bertz CT molecular complexity index is 860. The number of amidine groups is 1. The first-order chi connectivity index (χ1) is 13.5. The molecule has 0 saturated heterocycles. The van der Waals surface area contributed by atoms with Gasteiger partial charge in [0, 0.05) is 18.4 Å². The van der Waals surface area contributed by atoms with Crippen LogP contribution in [0.1, 0.15) is 43.2 Å². The van der Waals surface area contributed by atoms with E-state index in [1.807, 2.05) is 5.48 Å². The second-order valence-corrected chi connectivity index (χ2v) is 7.93. The third kappa shape index (κ3) is 5.27. The van der Waals surface area contributed by atoms with Crippen molar-refractivity contribution in [3.8, 4) is 0 Å². The first-order valence-corrected chi connectivity index (χ1v) is 9.94. The topological polar surface area (TPSA) is 95.1 Å². The number of Topliss-reactive ketones (excluding diaryl/α,β-unsaturated/α-hetero) is 1. The molecule has 3 rings (SSSR count). The molecule has 8 heteroatoms. The van der Waals surface area contributed by atoms with E-state index in [1.165, 1.54) is 30.7 Å². The van der Waals surface area contributed by atoms with Crippen LogP contribution in [0.15, 0.2) is 44.6 Å². The molecule has 1 aliphatic carbocycles. The minimum absolute atomic E-state index is 0.0749. The predicted molar refractivity (Wildman–Crippen MR) is 105 cm³/mol. The fourth-order valence-electron chi connectivity index (χ4n) is 3.45. The number of carbonyl (C=O) groups is 1. The fourth-order valence-corrected chi connectivity index (χ4v) is 3.82. The highest BCUT2D eigenvalue weighted by atomic mass is 79.9. The van der Waals surface area contributed by atoms with E-state index < -0.39 is 5.82 Å². The van der Waals surface area contributed by atoms with Crippen LogP contribution < -0.4 is 5.48 Å². The first kappa shape index (κ1) is 20.7. The van der Waals surface area contributed by atoms with E-state index in [0.29, 0.717) is 29.2 Å². The lowest BCUT2D eigenvalue weighted by atomic mass is 9.83. The Kier molecular flexibility index (Phi) is 6.98. The quantitative estimate of drug-likeness (QED) is 0.345. The number of nitrogens with zero attached hydrogens (tertiary/aromatic N) is 1. The van der Waals surface area contributed by atoms with Crippen molar-refractivity contribution < 1.29 is 23.9 Å². The normalized spacial score (nSPS) is 20.2. The third-order valence-electron chi connectivity index (χ3n) is 4.97. The summed E-state index contributed by atoms with van der Waals surface area (Å²) in [5, 5.41) is 19.1. The van der Waals surface area contributed by atoms with E-state index in [4.69, 9.17) is 4.42 Å². The largest absolute Gasteiger partial charge is 0.472 e. The molecule has 0 radical (unpaired) electrons. The van der Waals surface area contributed by atoms with Gasteiger partial charge in [-0.25, -0.2) is 9.38 Å². The zero-order valence-electron chi connectivity index (χ0n) is 15.2. The average molecular weight is 453 g/mol. The maximum Gasteiger partial charge on any atom is 0.160 e. The molecule has 0 amide bonds. The molecule has 0 bridgehead atoms. The summed E-state index contributed by atoms with van der Waals surface area (Å²) < 4.78 is 18.9. The molecule has 0 atom stereocenters. The zero-order chi connectivity index (χ0) is 20.1. The number of carbonyl (C=O) groups excluding carboxylic acids is 1. The summed E-state index contributed by atoms with van der Waals surface area (Å²) in [6, 6.07) is 4.22. The molecule has 0 unspecified atom stereocenters. The molecule has 6 nitrogen and oxygen atoms in total. The van der Waals surface area contributed by atoms with Gasteiger partial charge in [0.25, 0.3) is 0 Å². The summed E-state index contributed by atoms with van der Waals surface area (Å²) in [4.78, 5) is 16.8. The second-order valence-electron chi connectivity index (χ2n) is 7.08. The van der Waals surface area contributed by atoms with Crippen molar-refractivity contribution >= 4 is 33.2 Å². The highest BCUT2D eigenvalue weighted by molar-refractivity contribution is 9.10. The van der Waals surface area contributed by atoms with Gasteiger partial charge in [0.2, 0.25) is 0 Å². The average Bonchev–Trinajstić information content (AvgIpc) is 3.12. The van der Waals surface area contributed by atoms with Gasteiger partial charge >= 0.3 is 0 Å². The van der Waals surface area contributed by atoms with Crippen LogP contribution in [-0.2, 0) is 11.2 Å². The van der Waals surface area contributed by atoms with Crippen LogP contribution in [0, 0.1) is 11.7 Å². The maximum atomic E-state index is 13.4. The number of furan rings is 1. The van der Waals surface area contributed by atoms with E-state index in [0.717, 1.165) is 25.7 Å². The summed E-state index contributed by atoms with van der Waals surface area (Å²) in [6.07, 6.45) is 6.45. The first-order valence-electron chi connectivity index (χ1n) is 9.15. The van der Waals surface area contributed by atoms with Gasteiger partial charge in [-0.15, -0.1) is 0 Å². The van der Waals surface area contributed by atoms with Gasteiger partial charge in [-0.05, 0) is 65.7 Å². The number of aliphatic hydroxyl groups is 1. The molecule has 1 aromatic heterocycles. The standard InChI is InChI=1S/C20H22BrFN2O4/c21-18-9-14(3-6-19(18)22)23-20(24-27)17-11-28-10-13(17)8-16(26)7-12-1-4-15(25)5-2-12/h3,6,9-12,15,25,27H,1-2,4-5,7-8H2,(H,23,24). The Morgan fingerprint density at radius 2 is 2.04 bits per heavy atom. The molecule has 1 heterocycles. The van der Waals surface area contributed by atoms with Gasteiger partial charge in [-0.3, -0.25) is 15.5 Å². The molecule has 3 N–H and O–H groups in total. The van der Waals surface area contributed by atoms with Gasteiger partial charge < -0.3 is 9.52 Å². The SMILES string of the molecule is O=C(Cc1cocc1C(=Nc1ccc(F)c(Br)c1)NO)CC1CCC(O)CC1. The number of ketones is 1. The number of halogens is 2. The van der Waals surface area contributed by atoms with Crippen molar-refractivity contribution in [3.63, 3.8) is 0 Å². The second kappa shape index (κ2) is 9.45. The lowest BCUT2D eigenvalue weighted by Gasteiger charge is -2.24.